The Balaban J connectivity index is 2.22. The average molecular weight is 398 g/mol. The van der Waals surface area contributed by atoms with E-state index in [1.54, 1.807) is 6.92 Å². The normalized spacial score (nSPS) is 12.5. The number of aryl methyl sites for hydroxylation is 2. The minimum Gasteiger partial charge on any atom is -0.325 e. The summed E-state index contributed by atoms with van der Waals surface area (Å²) < 4.78 is 39.6. The van der Waals surface area contributed by atoms with E-state index in [2.05, 4.69) is 5.32 Å². The van der Waals surface area contributed by atoms with Crippen LogP contribution in [0.2, 0.25) is 0 Å². The Morgan fingerprint density at radius 1 is 1.19 bits per heavy atom. The topological polar surface area (TPSA) is 72.2 Å². The molecule has 0 aromatic heterocycles. The maximum absolute atomic E-state index is 13.2. The molecule has 0 unspecified atom stereocenters. The molecule has 0 fully saturated rings. The minimum absolute atomic E-state index is 0.414. The van der Waals surface area contributed by atoms with Gasteiger partial charge in [0.15, 0.2) is 0 Å². The maximum atomic E-state index is 13.2. The van der Waals surface area contributed by atoms with E-state index < -0.39 is 39.2 Å². The fraction of sp³-hybridized carbons (Fsp3) is 0.278. The first-order chi connectivity index (χ1) is 12.5. The summed E-state index contributed by atoms with van der Waals surface area (Å²) in [7, 11) is 0. The highest BCUT2D eigenvalue weighted by atomic mass is 32.2. The molecule has 0 aliphatic carbocycles. The van der Waals surface area contributed by atoms with Crippen LogP contribution in [0.15, 0.2) is 41.3 Å². The summed E-state index contributed by atoms with van der Waals surface area (Å²) in [4.78, 5) is 23.0. The SMILES string of the molecule is Cc1ccc(S[C@H](C)C(=O)Nc2ccc([N+](=O)[O-])cc2C(F)(F)F)c(C)c1. The number of thioether (sulfide) groups is 1. The molecule has 1 N–H and O–H groups in total. The number of nitrogens with one attached hydrogen (secondary N) is 1. The summed E-state index contributed by atoms with van der Waals surface area (Å²) in [6.07, 6.45) is -4.83. The number of amides is 1. The highest BCUT2D eigenvalue weighted by Crippen LogP contribution is 2.37. The van der Waals surface area contributed by atoms with Gasteiger partial charge in [-0.2, -0.15) is 13.2 Å². The number of benzene rings is 2. The van der Waals surface area contributed by atoms with Gasteiger partial charge in [0.25, 0.3) is 5.69 Å². The van der Waals surface area contributed by atoms with Crippen LogP contribution in [0.5, 0.6) is 0 Å². The Kier molecular flexibility index (Phi) is 6.15. The first-order valence-corrected chi connectivity index (χ1v) is 8.77. The number of alkyl halides is 3. The Bertz CT molecular complexity index is 885. The van der Waals surface area contributed by atoms with Crippen LogP contribution < -0.4 is 5.32 Å². The third kappa shape index (κ3) is 5.22. The number of nitrogens with zero attached hydrogens (tertiary/aromatic N) is 1. The van der Waals surface area contributed by atoms with Crippen molar-refractivity contribution in [1.82, 2.24) is 0 Å². The first kappa shape index (κ1) is 20.8. The van der Waals surface area contributed by atoms with Crippen molar-refractivity contribution >= 4 is 29.0 Å². The zero-order valence-electron chi connectivity index (χ0n) is 14.8. The second kappa shape index (κ2) is 7.99. The molecule has 1 amide bonds. The Morgan fingerprint density at radius 3 is 2.41 bits per heavy atom. The highest BCUT2D eigenvalue weighted by molar-refractivity contribution is 8.00. The van der Waals surface area contributed by atoms with Crippen molar-refractivity contribution in [1.29, 1.82) is 0 Å². The standard InChI is InChI=1S/C18H17F3N2O3S/c1-10-4-7-16(11(2)8-10)27-12(3)17(24)22-15-6-5-13(23(25)26)9-14(15)18(19,20)21/h4-9,12H,1-3H3,(H,22,24)/t12-/m1/s1. The fourth-order valence-corrected chi connectivity index (χ4v) is 3.34. The van der Waals surface area contributed by atoms with Crippen LogP contribution in [-0.4, -0.2) is 16.1 Å². The number of halogens is 3. The molecule has 27 heavy (non-hydrogen) atoms. The van der Waals surface area contributed by atoms with Crippen molar-refractivity contribution in [3.8, 4) is 0 Å². The summed E-state index contributed by atoms with van der Waals surface area (Å²) in [6.45, 7) is 5.40. The number of nitro benzene ring substituents is 1. The van der Waals surface area contributed by atoms with E-state index in [4.69, 9.17) is 0 Å². The molecule has 2 aromatic rings. The Morgan fingerprint density at radius 2 is 1.85 bits per heavy atom. The van der Waals surface area contributed by atoms with Gasteiger partial charge in [-0.15, -0.1) is 11.8 Å². The predicted molar refractivity (Wildman–Crippen MR) is 98.0 cm³/mol. The van der Waals surface area contributed by atoms with E-state index in [1.807, 2.05) is 32.0 Å². The zero-order chi connectivity index (χ0) is 20.4. The van der Waals surface area contributed by atoms with Gasteiger partial charge in [-0.25, -0.2) is 0 Å². The fourth-order valence-electron chi connectivity index (χ4n) is 2.40. The van der Waals surface area contributed by atoms with Crippen LogP contribution in [-0.2, 0) is 11.0 Å². The van der Waals surface area contributed by atoms with Crippen molar-refractivity contribution < 1.29 is 22.9 Å². The molecule has 0 radical (unpaired) electrons. The lowest BCUT2D eigenvalue weighted by atomic mass is 10.1. The lowest BCUT2D eigenvalue weighted by Crippen LogP contribution is -2.24. The van der Waals surface area contributed by atoms with E-state index in [1.165, 1.54) is 11.8 Å². The van der Waals surface area contributed by atoms with E-state index in [9.17, 15) is 28.1 Å². The highest BCUT2D eigenvalue weighted by Gasteiger charge is 2.36. The van der Waals surface area contributed by atoms with Crippen LogP contribution in [0.25, 0.3) is 0 Å². The van der Waals surface area contributed by atoms with Gasteiger partial charge in [-0.3, -0.25) is 14.9 Å². The lowest BCUT2D eigenvalue weighted by molar-refractivity contribution is -0.385. The van der Waals surface area contributed by atoms with Crippen molar-refractivity contribution in [3.63, 3.8) is 0 Å². The zero-order valence-corrected chi connectivity index (χ0v) is 15.6. The summed E-state index contributed by atoms with van der Waals surface area (Å²) in [5.41, 5.74) is -0.432. The van der Waals surface area contributed by atoms with Gasteiger partial charge in [0, 0.05) is 17.0 Å². The monoisotopic (exact) mass is 398 g/mol. The largest absolute Gasteiger partial charge is 0.418 e. The number of carbonyl (C=O) groups is 1. The number of hydrogen-bond donors (Lipinski definition) is 1. The molecule has 0 saturated heterocycles. The number of hydrogen-bond acceptors (Lipinski definition) is 4. The van der Waals surface area contributed by atoms with E-state index in [0.29, 0.717) is 6.07 Å². The van der Waals surface area contributed by atoms with Crippen molar-refractivity contribution in [2.45, 2.75) is 37.1 Å². The third-order valence-corrected chi connectivity index (χ3v) is 5.06. The van der Waals surface area contributed by atoms with Crippen LogP contribution in [0.3, 0.4) is 0 Å². The molecule has 2 rings (SSSR count). The predicted octanol–water partition coefficient (Wildman–Crippen LogP) is 5.35. The summed E-state index contributed by atoms with van der Waals surface area (Å²) in [5.74, 6) is -0.626. The second-order valence-electron chi connectivity index (χ2n) is 6.00. The van der Waals surface area contributed by atoms with E-state index >= 15 is 0 Å². The van der Waals surface area contributed by atoms with E-state index in [0.717, 1.165) is 28.2 Å². The molecule has 0 saturated carbocycles. The van der Waals surface area contributed by atoms with Crippen molar-refractivity contribution in [2.24, 2.45) is 0 Å². The van der Waals surface area contributed by atoms with Gasteiger partial charge < -0.3 is 5.32 Å². The Labute approximate surface area is 158 Å². The van der Waals surface area contributed by atoms with Crippen LogP contribution >= 0.6 is 11.8 Å². The quantitative estimate of drug-likeness (QED) is 0.419. The number of carbonyl (C=O) groups excluding carboxylic acids is 1. The molecule has 5 nitrogen and oxygen atoms in total. The van der Waals surface area contributed by atoms with Crippen LogP contribution in [0, 0.1) is 24.0 Å². The molecule has 9 heteroatoms. The maximum Gasteiger partial charge on any atom is 0.418 e. The summed E-state index contributed by atoms with van der Waals surface area (Å²) in [6, 6.07) is 7.92. The minimum atomic E-state index is -4.83. The van der Waals surface area contributed by atoms with Gasteiger partial charge in [0.2, 0.25) is 5.91 Å². The molecular weight excluding hydrogens is 381 g/mol. The van der Waals surface area contributed by atoms with Crippen molar-refractivity contribution in [3.05, 3.63) is 63.2 Å². The van der Waals surface area contributed by atoms with Crippen LogP contribution in [0.4, 0.5) is 24.5 Å². The average Bonchev–Trinajstić information content (AvgIpc) is 2.56. The first-order valence-electron chi connectivity index (χ1n) is 7.89. The van der Waals surface area contributed by atoms with Gasteiger partial charge in [-0.1, -0.05) is 17.7 Å². The lowest BCUT2D eigenvalue weighted by Gasteiger charge is -2.17. The molecule has 2 aromatic carbocycles. The van der Waals surface area contributed by atoms with Gasteiger partial charge in [0.1, 0.15) is 0 Å². The second-order valence-corrected chi connectivity index (χ2v) is 7.39. The molecule has 0 aliphatic rings. The van der Waals surface area contributed by atoms with Gasteiger partial charge in [0.05, 0.1) is 21.4 Å². The Hall–Kier alpha value is -2.55. The molecule has 1 atom stereocenters. The van der Waals surface area contributed by atoms with E-state index in [-0.39, 0.29) is 0 Å². The molecule has 0 bridgehead atoms. The van der Waals surface area contributed by atoms with Gasteiger partial charge >= 0.3 is 6.18 Å². The number of anilines is 1. The molecule has 0 aliphatic heterocycles. The molecule has 0 heterocycles. The smallest absolute Gasteiger partial charge is 0.325 e. The summed E-state index contributed by atoms with van der Waals surface area (Å²) in [5, 5.41) is 12.3. The van der Waals surface area contributed by atoms with Gasteiger partial charge in [-0.05, 0) is 38.5 Å². The van der Waals surface area contributed by atoms with Crippen LogP contribution in [0.1, 0.15) is 23.6 Å². The summed E-state index contributed by atoms with van der Waals surface area (Å²) >= 11 is 1.23. The number of rotatable bonds is 5. The third-order valence-electron chi connectivity index (χ3n) is 3.78. The van der Waals surface area contributed by atoms with Crippen molar-refractivity contribution in [2.75, 3.05) is 5.32 Å². The number of nitro groups is 1. The molecule has 144 valence electrons. The molecular formula is C18H17F3N2O3S. The number of non-ortho nitro benzene ring substituents is 1. The molecule has 0 spiro atoms.